The lowest BCUT2D eigenvalue weighted by Gasteiger charge is -2.28. The Morgan fingerprint density at radius 3 is 3.00 bits per heavy atom. The summed E-state index contributed by atoms with van der Waals surface area (Å²) < 4.78 is 1.64. The van der Waals surface area contributed by atoms with Gasteiger partial charge < -0.3 is 20.6 Å². The van der Waals surface area contributed by atoms with E-state index in [1.54, 1.807) is 23.3 Å². The fourth-order valence-electron chi connectivity index (χ4n) is 4.83. The van der Waals surface area contributed by atoms with Gasteiger partial charge in [0, 0.05) is 30.2 Å². The van der Waals surface area contributed by atoms with Gasteiger partial charge in [-0.15, -0.1) is 0 Å². The van der Waals surface area contributed by atoms with Gasteiger partial charge in [-0.25, -0.2) is 4.98 Å². The first kappa shape index (κ1) is 17.7. The predicted octanol–water partition coefficient (Wildman–Crippen LogP) is 1.17. The number of amides is 1. The molecule has 3 heterocycles. The second-order valence-corrected chi connectivity index (χ2v) is 8.40. The molecule has 2 atom stereocenters. The molecule has 2 saturated carbocycles. The zero-order chi connectivity index (χ0) is 19.4. The minimum absolute atomic E-state index is 0.0288. The van der Waals surface area contributed by atoms with Crippen LogP contribution in [0.25, 0.3) is 0 Å². The van der Waals surface area contributed by atoms with Crippen LogP contribution in [0.5, 0.6) is 0 Å². The Morgan fingerprint density at radius 2 is 2.25 bits per heavy atom. The Balaban J connectivity index is 1.33. The highest BCUT2D eigenvalue weighted by Crippen LogP contribution is 2.71. The summed E-state index contributed by atoms with van der Waals surface area (Å²) in [5, 5.41) is 19.9. The monoisotopic (exact) mass is 403 g/mol. The first-order valence-corrected chi connectivity index (χ1v) is 9.86. The number of nitrogens with one attached hydrogen (secondary N) is 2. The summed E-state index contributed by atoms with van der Waals surface area (Å²) in [6, 6.07) is 0. The summed E-state index contributed by atoms with van der Waals surface area (Å²) >= 11 is 6.41. The van der Waals surface area contributed by atoms with Crippen molar-refractivity contribution < 1.29 is 9.90 Å². The van der Waals surface area contributed by atoms with Crippen LogP contribution < -0.4 is 15.5 Å². The van der Waals surface area contributed by atoms with E-state index in [-0.39, 0.29) is 17.6 Å². The maximum atomic E-state index is 11.0. The molecular formula is C18H22ClN7O2. The van der Waals surface area contributed by atoms with Gasteiger partial charge in [0.05, 0.1) is 31.2 Å². The van der Waals surface area contributed by atoms with E-state index in [0.29, 0.717) is 23.4 Å². The zero-order valence-corrected chi connectivity index (χ0v) is 16.1. The molecule has 2 aromatic heterocycles. The molecule has 5 rings (SSSR count). The zero-order valence-electron chi connectivity index (χ0n) is 15.3. The van der Waals surface area contributed by atoms with E-state index in [2.05, 4.69) is 30.6 Å². The van der Waals surface area contributed by atoms with Crippen molar-refractivity contribution in [2.75, 3.05) is 29.9 Å². The van der Waals surface area contributed by atoms with Crippen molar-refractivity contribution in [1.82, 2.24) is 25.1 Å². The second-order valence-electron chi connectivity index (χ2n) is 7.99. The Bertz CT molecular complexity index is 915. The lowest BCUT2D eigenvalue weighted by Crippen LogP contribution is -2.43. The lowest BCUT2D eigenvalue weighted by atomic mass is 9.92. The van der Waals surface area contributed by atoms with Gasteiger partial charge in [-0.1, -0.05) is 11.6 Å². The van der Waals surface area contributed by atoms with Crippen molar-refractivity contribution >= 4 is 35.5 Å². The number of aliphatic hydroxyl groups excluding tert-OH is 1. The average molecular weight is 404 g/mol. The number of aliphatic hydroxyl groups is 1. The van der Waals surface area contributed by atoms with Crippen LogP contribution in [0.15, 0.2) is 18.6 Å². The van der Waals surface area contributed by atoms with E-state index in [9.17, 15) is 4.79 Å². The van der Waals surface area contributed by atoms with Crippen LogP contribution in [0, 0.1) is 11.3 Å². The lowest BCUT2D eigenvalue weighted by molar-refractivity contribution is -0.110. The summed E-state index contributed by atoms with van der Waals surface area (Å²) in [7, 11) is 0. The highest BCUT2D eigenvalue weighted by atomic mass is 35.5. The first-order chi connectivity index (χ1) is 13.6. The Labute approximate surface area is 167 Å². The fourth-order valence-corrected chi connectivity index (χ4v) is 5.04. The molecule has 9 nitrogen and oxygen atoms in total. The van der Waals surface area contributed by atoms with Gasteiger partial charge in [0.2, 0.25) is 12.4 Å². The number of fused-ring (bicyclic) bond motifs is 1. The van der Waals surface area contributed by atoms with Gasteiger partial charge >= 0.3 is 0 Å². The smallest absolute Gasteiger partial charge is 0.229 e. The third kappa shape index (κ3) is 2.72. The molecule has 0 spiro atoms. The number of halogens is 1. The van der Waals surface area contributed by atoms with Crippen molar-refractivity contribution in [2.45, 2.75) is 31.3 Å². The van der Waals surface area contributed by atoms with Crippen LogP contribution in [0.4, 0.5) is 17.5 Å². The standard InChI is InChI=1S/C18H22ClN7O2/c19-14-7-20-16(23-13-6-22-26(9-13)3-4-27)24-15(14)25-8-12-5-17(12,10-25)18(1-2-18)21-11-28/h6-7,9,11-12,27H,1-5,8,10H2,(H,21,28)(H,20,23,24)/t12-,17+/m0/s1. The molecule has 3 aliphatic rings. The maximum Gasteiger partial charge on any atom is 0.229 e. The number of rotatable bonds is 8. The SMILES string of the molecule is O=CNC1([C@@]23C[C@H]2CN(c2nc(Nc4cnn(CCO)c4)ncc2Cl)C3)CC1. The summed E-state index contributed by atoms with van der Waals surface area (Å²) in [4.78, 5) is 22.2. The molecule has 1 amide bonds. The first-order valence-electron chi connectivity index (χ1n) is 9.48. The van der Waals surface area contributed by atoms with Crippen LogP contribution >= 0.6 is 11.6 Å². The molecule has 3 N–H and O–H groups in total. The number of hydrogen-bond acceptors (Lipinski definition) is 7. The van der Waals surface area contributed by atoms with E-state index >= 15 is 0 Å². The number of piperidine rings is 1. The van der Waals surface area contributed by atoms with E-state index < -0.39 is 0 Å². The van der Waals surface area contributed by atoms with E-state index in [4.69, 9.17) is 16.7 Å². The Kier molecular flexibility index (Phi) is 3.99. The molecule has 10 heteroatoms. The van der Waals surface area contributed by atoms with Crippen LogP contribution in [0.2, 0.25) is 5.02 Å². The van der Waals surface area contributed by atoms with Gasteiger partial charge in [0.1, 0.15) is 5.02 Å². The van der Waals surface area contributed by atoms with Crippen molar-refractivity contribution in [3.63, 3.8) is 0 Å². The van der Waals surface area contributed by atoms with E-state index in [0.717, 1.165) is 50.3 Å². The number of anilines is 3. The summed E-state index contributed by atoms with van der Waals surface area (Å²) in [5.74, 6) is 1.74. The molecular weight excluding hydrogens is 382 g/mol. The van der Waals surface area contributed by atoms with Crippen LogP contribution in [-0.2, 0) is 11.3 Å². The van der Waals surface area contributed by atoms with Crippen molar-refractivity contribution in [3.8, 4) is 0 Å². The minimum Gasteiger partial charge on any atom is -0.394 e. The largest absolute Gasteiger partial charge is 0.394 e. The van der Waals surface area contributed by atoms with Crippen molar-refractivity contribution in [2.24, 2.45) is 11.3 Å². The number of aromatic nitrogens is 4. The predicted molar refractivity (Wildman–Crippen MR) is 104 cm³/mol. The molecule has 0 unspecified atom stereocenters. The summed E-state index contributed by atoms with van der Waals surface area (Å²) in [5.41, 5.74) is 0.867. The van der Waals surface area contributed by atoms with E-state index in [1.807, 2.05) is 0 Å². The molecule has 0 aromatic carbocycles. The highest BCUT2D eigenvalue weighted by molar-refractivity contribution is 6.32. The molecule has 1 saturated heterocycles. The highest BCUT2D eigenvalue weighted by Gasteiger charge is 2.74. The molecule has 0 radical (unpaired) electrons. The number of carbonyl (C=O) groups is 1. The van der Waals surface area contributed by atoms with Crippen molar-refractivity contribution in [3.05, 3.63) is 23.6 Å². The molecule has 3 fully saturated rings. The second kappa shape index (κ2) is 6.31. The van der Waals surface area contributed by atoms with Gasteiger partial charge in [0.15, 0.2) is 5.82 Å². The summed E-state index contributed by atoms with van der Waals surface area (Å²) in [6.45, 7) is 2.21. The Hall–Kier alpha value is -2.39. The molecule has 1 aliphatic heterocycles. The van der Waals surface area contributed by atoms with Crippen LogP contribution in [0.1, 0.15) is 19.3 Å². The number of nitrogens with zero attached hydrogens (tertiary/aromatic N) is 5. The molecule has 2 aliphatic carbocycles. The van der Waals surface area contributed by atoms with E-state index in [1.165, 1.54) is 0 Å². The van der Waals surface area contributed by atoms with Gasteiger partial charge in [-0.05, 0) is 25.2 Å². The van der Waals surface area contributed by atoms with Crippen LogP contribution in [-0.4, -0.2) is 56.5 Å². The normalized spacial score (nSPS) is 26.6. The topological polar surface area (TPSA) is 108 Å². The van der Waals surface area contributed by atoms with Crippen molar-refractivity contribution in [1.29, 1.82) is 0 Å². The van der Waals surface area contributed by atoms with Gasteiger partial charge in [-0.2, -0.15) is 10.1 Å². The summed E-state index contributed by atoms with van der Waals surface area (Å²) in [6.07, 6.45) is 9.16. The van der Waals surface area contributed by atoms with Crippen LogP contribution in [0.3, 0.4) is 0 Å². The molecule has 2 aromatic rings. The van der Waals surface area contributed by atoms with Gasteiger partial charge in [-0.3, -0.25) is 9.48 Å². The maximum absolute atomic E-state index is 11.0. The molecule has 28 heavy (non-hydrogen) atoms. The quantitative estimate of drug-likeness (QED) is 0.567. The average Bonchev–Trinajstić information content (AvgIpc) is 3.53. The third-order valence-electron chi connectivity index (χ3n) is 6.43. The molecule has 148 valence electrons. The molecule has 0 bridgehead atoms. The Morgan fingerprint density at radius 1 is 1.39 bits per heavy atom. The minimum atomic E-state index is -0.0317. The third-order valence-corrected chi connectivity index (χ3v) is 6.69. The number of carbonyl (C=O) groups excluding carboxylic acids is 1. The van der Waals surface area contributed by atoms with Gasteiger partial charge in [0.25, 0.3) is 0 Å². The number of hydrogen-bond donors (Lipinski definition) is 3. The fraction of sp³-hybridized carbons (Fsp3) is 0.556.